The molecule has 0 saturated carbocycles. The van der Waals surface area contributed by atoms with Crippen LogP contribution in [0.2, 0.25) is 0 Å². The van der Waals surface area contributed by atoms with Crippen LogP contribution in [0.1, 0.15) is 33.6 Å². The second-order valence-corrected chi connectivity index (χ2v) is 2.74. The summed E-state index contributed by atoms with van der Waals surface area (Å²) in [5.41, 5.74) is 0. The Bertz CT molecular complexity index is 66.3. The van der Waals surface area contributed by atoms with Crippen LogP contribution in [0.5, 0.6) is 0 Å². The summed E-state index contributed by atoms with van der Waals surface area (Å²) in [5.74, 6) is 0. The summed E-state index contributed by atoms with van der Waals surface area (Å²) < 4.78 is 0. The van der Waals surface area contributed by atoms with Gasteiger partial charge in [-0.1, -0.05) is 13.8 Å². The van der Waals surface area contributed by atoms with E-state index in [0.29, 0.717) is 0 Å². The summed E-state index contributed by atoms with van der Waals surface area (Å²) in [6.45, 7) is 7.96. The van der Waals surface area contributed by atoms with E-state index in [-0.39, 0.29) is 12.4 Å². The van der Waals surface area contributed by atoms with Gasteiger partial charge in [0.25, 0.3) is 0 Å². The van der Waals surface area contributed by atoms with E-state index in [1.807, 2.05) is 0 Å². The Labute approximate surface area is 71.2 Å². The molecule has 0 aliphatic rings. The van der Waals surface area contributed by atoms with Crippen LogP contribution >= 0.6 is 12.4 Å². The van der Waals surface area contributed by atoms with Crippen LogP contribution < -0.4 is 0 Å². The van der Waals surface area contributed by atoms with Crippen LogP contribution in [0.4, 0.5) is 0 Å². The van der Waals surface area contributed by atoms with Gasteiger partial charge in [0.15, 0.2) is 0 Å². The second kappa shape index (κ2) is 7.36. The van der Waals surface area contributed by atoms with Gasteiger partial charge in [-0.05, 0) is 33.4 Å². The van der Waals surface area contributed by atoms with E-state index in [2.05, 4.69) is 32.7 Å². The Morgan fingerprint density at radius 2 is 1.80 bits per heavy atom. The second-order valence-electron chi connectivity index (χ2n) is 2.74. The molecule has 0 aromatic rings. The van der Waals surface area contributed by atoms with Gasteiger partial charge < -0.3 is 4.90 Å². The van der Waals surface area contributed by atoms with E-state index < -0.39 is 0 Å². The molecule has 0 N–H and O–H groups in total. The standard InChI is InChI=1S/C8H19N.ClH/c1-5-7-9(4)8(3)6-2;/h8H,5-7H2,1-4H3;1H. The van der Waals surface area contributed by atoms with Gasteiger partial charge in [-0.15, -0.1) is 12.4 Å². The molecule has 0 saturated heterocycles. The molecule has 0 rings (SSSR count). The predicted octanol–water partition coefficient (Wildman–Crippen LogP) is 2.55. The first-order valence-electron chi connectivity index (χ1n) is 3.92. The third-order valence-electron chi connectivity index (χ3n) is 1.92. The zero-order chi connectivity index (χ0) is 7.28. The molecule has 1 nitrogen and oxygen atoms in total. The normalized spacial score (nSPS) is 12.9. The zero-order valence-electron chi connectivity index (χ0n) is 7.55. The van der Waals surface area contributed by atoms with Gasteiger partial charge in [0, 0.05) is 6.04 Å². The first-order chi connectivity index (χ1) is 4.22. The van der Waals surface area contributed by atoms with Crippen molar-refractivity contribution in [2.75, 3.05) is 13.6 Å². The first-order valence-corrected chi connectivity index (χ1v) is 3.92. The van der Waals surface area contributed by atoms with Crippen LogP contribution in [0.3, 0.4) is 0 Å². The molecule has 0 heterocycles. The van der Waals surface area contributed by atoms with Gasteiger partial charge in [0.05, 0.1) is 0 Å². The summed E-state index contributed by atoms with van der Waals surface area (Å²) in [6, 6.07) is 0.755. The largest absolute Gasteiger partial charge is 0.304 e. The molecule has 0 amide bonds. The molecule has 0 spiro atoms. The van der Waals surface area contributed by atoms with Gasteiger partial charge in [-0.3, -0.25) is 0 Å². The smallest absolute Gasteiger partial charge is 0.00612 e. The highest BCUT2D eigenvalue weighted by molar-refractivity contribution is 5.85. The minimum Gasteiger partial charge on any atom is -0.304 e. The summed E-state index contributed by atoms with van der Waals surface area (Å²) in [7, 11) is 2.19. The third-order valence-corrected chi connectivity index (χ3v) is 1.92. The van der Waals surface area contributed by atoms with Crippen molar-refractivity contribution in [1.82, 2.24) is 4.90 Å². The molecule has 64 valence electrons. The van der Waals surface area contributed by atoms with E-state index in [1.165, 1.54) is 19.4 Å². The molecule has 0 aliphatic carbocycles. The average Bonchev–Trinajstić information content (AvgIpc) is 1.87. The van der Waals surface area contributed by atoms with E-state index in [1.54, 1.807) is 0 Å². The molecule has 0 aromatic heterocycles. The molecule has 0 aromatic carbocycles. The lowest BCUT2D eigenvalue weighted by Crippen LogP contribution is -2.28. The highest BCUT2D eigenvalue weighted by Crippen LogP contribution is 1.99. The van der Waals surface area contributed by atoms with Crippen molar-refractivity contribution >= 4 is 12.4 Å². The Balaban J connectivity index is 0. The Morgan fingerprint density at radius 3 is 2.10 bits per heavy atom. The zero-order valence-corrected chi connectivity index (χ0v) is 8.37. The maximum atomic E-state index is 2.40. The quantitative estimate of drug-likeness (QED) is 0.619. The van der Waals surface area contributed by atoms with Crippen LogP contribution in [-0.4, -0.2) is 24.5 Å². The fraction of sp³-hybridized carbons (Fsp3) is 1.00. The highest BCUT2D eigenvalue weighted by atomic mass is 35.5. The number of nitrogens with zero attached hydrogens (tertiary/aromatic N) is 1. The molecule has 10 heavy (non-hydrogen) atoms. The van der Waals surface area contributed by atoms with Crippen LogP contribution in [0.25, 0.3) is 0 Å². The van der Waals surface area contributed by atoms with Gasteiger partial charge in [-0.25, -0.2) is 0 Å². The van der Waals surface area contributed by atoms with Crippen molar-refractivity contribution in [1.29, 1.82) is 0 Å². The van der Waals surface area contributed by atoms with E-state index in [4.69, 9.17) is 0 Å². The minimum atomic E-state index is 0. The monoisotopic (exact) mass is 165 g/mol. The summed E-state index contributed by atoms with van der Waals surface area (Å²) in [6.07, 6.45) is 2.53. The molecule has 2 heteroatoms. The first kappa shape index (κ1) is 12.9. The van der Waals surface area contributed by atoms with Crippen LogP contribution in [0.15, 0.2) is 0 Å². The number of rotatable bonds is 4. The molecule has 0 fully saturated rings. The van der Waals surface area contributed by atoms with Crippen LogP contribution in [0, 0.1) is 0 Å². The summed E-state index contributed by atoms with van der Waals surface area (Å²) in [5, 5.41) is 0. The summed E-state index contributed by atoms with van der Waals surface area (Å²) >= 11 is 0. The van der Waals surface area contributed by atoms with E-state index in [9.17, 15) is 0 Å². The summed E-state index contributed by atoms with van der Waals surface area (Å²) in [4.78, 5) is 2.40. The Hall–Kier alpha value is 0.250. The molecule has 1 atom stereocenters. The van der Waals surface area contributed by atoms with Gasteiger partial charge in [-0.2, -0.15) is 0 Å². The van der Waals surface area contributed by atoms with Crippen molar-refractivity contribution in [3.05, 3.63) is 0 Å². The average molecular weight is 166 g/mol. The molecule has 0 radical (unpaired) electrons. The lowest BCUT2D eigenvalue weighted by atomic mass is 10.2. The number of halogens is 1. The SMILES string of the molecule is CCCN(C)C(C)CC.Cl. The van der Waals surface area contributed by atoms with Crippen molar-refractivity contribution < 1.29 is 0 Å². The van der Waals surface area contributed by atoms with Gasteiger partial charge >= 0.3 is 0 Å². The van der Waals surface area contributed by atoms with Crippen molar-refractivity contribution in [2.45, 2.75) is 39.7 Å². The fourth-order valence-electron chi connectivity index (χ4n) is 0.885. The number of hydrogen-bond donors (Lipinski definition) is 0. The lowest BCUT2D eigenvalue weighted by molar-refractivity contribution is 0.252. The van der Waals surface area contributed by atoms with Crippen LogP contribution in [-0.2, 0) is 0 Å². The number of hydrogen-bond acceptors (Lipinski definition) is 1. The molecule has 0 bridgehead atoms. The molecular weight excluding hydrogens is 146 g/mol. The highest BCUT2D eigenvalue weighted by Gasteiger charge is 2.02. The maximum Gasteiger partial charge on any atom is 0.00612 e. The maximum absolute atomic E-state index is 2.40. The Morgan fingerprint density at radius 1 is 1.30 bits per heavy atom. The molecule has 0 aliphatic heterocycles. The van der Waals surface area contributed by atoms with Crippen molar-refractivity contribution in [3.8, 4) is 0 Å². The van der Waals surface area contributed by atoms with Crippen molar-refractivity contribution in [3.63, 3.8) is 0 Å². The van der Waals surface area contributed by atoms with Crippen molar-refractivity contribution in [2.24, 2.45) is 0 Å². The van der Waals surface area contributed by atoms with Gasteiger partial charge in [0.2, 0.25) is 0 Å². The van der Waals surface area contributed by atoms with Gasteiger partial charge in [0.1, 0.15) is 0 Å². The predicted molar refractivity (Wildman–Crippen MR) is 49.9 cm³/mol. The third kappa shape index (κ3) is 5.07. The van der Waals surface area contributed by atoms with E-state index in [0.717, 1.165) is 6.04 Å². The topological polar surface area (TPSA) is 3.24 Å². The molecule has 1 unspecified atom stereocenters. The Kier molecular flexibility index (Phi) is 9.48. The molecular formula is C8H20ClN. The lowest BCUT2D eigenvalue weighted by Gasteiger charge is -2.22. The van der Waals surface area contributed by atoms with E-state index >= 15 is 0 Å². The minimum absolute atomic E-state index is 0. The fourth-order valence-corrected chi connectivity index (χ4v) is 0.885.